The number of anilines is 1. The quantitative estimate of drug-likeness (QED) is 0.485. The molecule has 16 heavy (non-hydrogen) atoms. The molecule has 0 fully saturated rings. The maximum atomic E-state index is 9.64. The van der Waals surface area contributed by atoms with Gasteiger partial charge in [0.15, 0.2) is 5.16 Å². The van der Waals surface area contributed by atoms with Crippen molar-refractivity contribution in [2.24, 2.45) is 7.05 Å². The van der Waals surface area contributed by atoms with Crippen molar-refractivity contribution < 1.29 is 5.11 Å². The molecule has 0 aliphatic carbocycles. The molecule has 1 aromatic heterocycles. The number of aryl methyl sites for hydroxylation is 1. The minimum atomic E-state index is 0.274. The van der Waals surface area contributed by atoms with Crippen LogP contribution in [-0.2, 0) is 12.8 Å². The fourth-order valence-corrected chi connectivity index (χ4v) is 2.27. The number of hydrogen-bond acceptors (Lipinski definition) is 4. The first-order chi connectivity index (χ1) is 7.66. The van der Waals surface area contributed by atoms with Crippen molar-refractivity contribution in [3.05, 3.63) is 36.2 Å². The molecular weight excluding hydrogens is 222 g/mol. The number of thioether (sulfide) groups is 1. The van der Waals surface area contributed by atoms with Crippen LogP contribution in [-0.4, -0.2) is 14.7 Å². The average molecular weight is 235 g/mol. The first kappa shape index (κ1) is 10.9. The Labute approximate surface area is 98.1 Å². The Kier molecular flexibility index (Phi) is 3.05. The van der Waals surface area contributed by atoms with Crippen molar-refractivity contribution in [3.8, 4) is 5.75 Å². The third kappa shape index (κ3) is 2.30. The van der Waals surface area contributed by atoms with Gasteiger partial charge in [-0.05, 0) is 18.2 Å². The number of aromatic hydroxyl groups is 1. The third-order valence-corrected chi connectivity index (χ3v) is 3.34. The second-order valence-electron chi connectivity index (χ2n) is 3.50. The number of nitrogens with zero attached hydrogens (tertiary/aromatic N) is 2. The zero-order valence-corrected chi connectivity index (χ0v) is 9.74. The monoisotopic (exact) mass is 235 g/mol. The molecule has 0 bridgehead atoms. The molecule has 4 nitrogen and oxygen atoms in total. The summed E-state index contributed by atoms with van der Waals surface area (Å²) in [7, 11) is 1.94. The Balaban J connectivity index is 2.10. The molecule has 1 aromatic carbocycles. The Hall–Kier alpha value is -1.62. The highest BCUT2D eigenvalue weighted by Crippen LogP contribution is 2.27. The molecule has 5 heteroatoms. The number of phenols is 1. The predicted octanol–water partition coefficient (Wildman–Crippen LogP) is 2.00. The molecule has 2 rings (SSSR count). The number of phenolic OH excluding ortho intramolecular Hbond substituents is 1. The van der Waals surface area contributed by atoms with E-state index in [0.717, 1.165) is 10.7 Å². The summed E-state index contributed by atoms with van der Waals surface area (Å²) in [4.78, 5) is 4.20. The summed E-state index contributed by atoms with van der Waals surface area (Å²) in [5.41, 5.74) is 7.15. The summed E-state index contributed by atoms with van der Waals surface area (Å²) in [6.45, 7) is 0. The van der Waals surface area contributed by atoms with Gasteiger partial charge in [0.25, 0.3) is 0 Å². The van der Waals surface area contributed by atoms with Crippen molar-refractivity contribution in [2.75, 3.05) is 5.73 Å². The molecule has 0 radical (unpaired) electrons. The molecule has 0 amide bonds. The van der Waals surface area contributed by atoms with Crippen LogP contribution >= 0.6 is 11.8 Å². The molecule has 0 spiro atoms. The highest BCUT2D eigenvalue weighted by Gasteiger charge is 2.05. The van der Waals surface area contributed by atoms with E-state index >= 15 is 0 Å². The van der Waals surface area contributed by atoms with Crippen LogP contribution < -0.4 is 5.73 Å². The van der Waals surface area contributed by atoms with Crippen molar-refractivity contribution in [1.82, 2.24) is 9.55 Å². The van der Waals surface area contributed by atoms with Crippen molar-refractivity contribution in [3.63, 3.8) is 0 Å². The van der Waals surface area contributed by atoms with Gasteiger partial charge < -0.3 is 15.4 Å². The minimum Gasteiger partial charge on any atom is -0.508 e. The van der Waals surface area contributed by atoms with E-state index in [1.165, 1.54) is 0 Å². The second-order valence-corrected chi connectivity index (χ2v) is 4.44. The highest BCUT2D eigenvalue weighted by atomic mass is 32.2. The number of benzene rings is 1. The summed E-state index contributed by atoms with van der Waals surface area (Å²) in [5, 5.41) is 10.6. The number of nitrogens with two attached hydrogens (primary N) is 1. The summed E-state index contributed by atoms with van der Waals surface area (Å²) >= 11 is 1.57. The van der Waals surface area contributed by atoms with Crippen LogP contribution in [0.2, 0.25) is 0 Å². The molecule has 84 valence electrons. The van der Waals surface area contributed by atoms with Crippen LogP contribution in [0.1, 0.15) is 5.56 Å². The van der Waals surface area contributed by atoms with Gasteiger partial charge in [0.05, 0.1) is 0 Å². The van der Waals surface area contributed by atoms with E-state index in [1.54, 1.807) is 36.2 Å². The summed E-state index contributed by atoms with van der Waals surface area (Å²) in [6.07, 6.45) is 3.64. The maximum absolute atomic E-state index is 9.64. The van der Waals surface area contributed by atoms with Crippen LogP contribution in [0.3, 0.4) is 0 Å². The van der Waals surface area contributed by atoms with E-state index in [1.807, 2.05) is 17.8 Å². The van der Waals surface area contributed by atoms with Crippen LogP contribution in [0.5, 0.6) is 5.75 Å². The van der Waals surface area contributed by atoms with Gasteiger partial charge in [0.2, 0.25) is 0 Å². The Morgan fingerprint density at radius 2 is 2.31 bits per heavy atom. The minimum absolute atomic E-state index is 0.274. The maximum Gasteiger partial charge on any atom is 0.167 e. The standard InChI is InChI=1S/C11H13N3OS/c1-14-5-4-13-11(14)16-7-8-6-9(12)2-3-10(8)15/h2-6,15H,7,12H2,1H3. The molecule has 0 unspecified atom stereocenters. The van der Waals surface area contributed by atoms with E-state index in [9.17, 15) is 5.11 Å². The van der Waals surface area contributed by atoms with Gasteiger partial charge in [-0.2, -0.15) is 0 Å². The predicted molar refractivity (Wildman–Crippen MR) is 65.3 cm³/mol. The zero-order chi connectivity index (χ0) is 11.5. The molecule has 0 aliphatic rings. The van der Waals surface area contributed by atoms with Gasteiger partial charge in [0.1, 0.15) is 5.75 Å². The van der Waals surface area contributed by atoms with Gasteiger partial charge >= 0.3 is 0 Å². The van der Waals surface area contributed by atoms with E-state index in [-0.39, 0.29) is 5.75 Å². The van der Waals surface area contributed by atoms with E-state index in [4.69, 9.17) is 5.73 Å². The van der Waals surface area contributed by atoms with E-state index in [2.05, 4.69) is 4.98 Å². The first-order valence-corrected chi connectivity index (χ1v) is 5.83. The molecule has 0 saturated carbocycles. The fraction of sp³-hybridized carbons (Fsp3) is 0.182. The number of hydrogen-bond donors (Lipinski definition) is 2. The lowest BCUT2D eigenvalue weighted by Gasteiger charge is -2.05. The number of aromatic nitrogens is 2. The lowest BCUT2D eigenvalue weighted by atomic mass is 10.2. The van der Waals surface area contributed by atoms with Gasteiger partial charge in [-0.15, -0.1) is 0 Å². The highest BCUT2D eigenvalue weighted by molar-refractivity contribution is 7.98. The summed E-state index contributed by atoms with van der Waals surface area (Å²) < 4.78 is 1.94. The number of imidazole rings is 1. The summed E-state index contributed by atoms with van der Waals surface area (Å²) in [5.74, 6) is 0.928. The molecule has 2 aromatic rings. The largest absolute Gasteiger partial charge is 0.508 e. The Bertz CT molecular complexity index is 496. The van der Waals surface area contributed by atoms with Crippen LogP contribution in [0.4, 0.5) is 5.69 Å². The molecule has 0 atom stereocenters. The molecule has 3 N–H and O–H groups in total. The van der Waals surface area contributed by atoms with Crippen molar-refractivity contribution >= 4 is 17.4 Å². The number of rotatable bonds is 3. The third-order valence-electron chi connectivity index (χ3n) is 2.24. The van der Waals surface area contributed by atoms with Crippen LogP contribution in [0.15, 0.2) is 35.7 Å². The van der Waals surface area contributed by atoms with E-state index in [0.29, 0.717) is 11.4 Å². The van der Waals surface area contributed by atoms with Gasteiger partial charge in [0, 0.05) is 36.4 Å². The van der Waals surface area contributed by atoms with Crippen LogP contribution in [0, 0.1) is 0 Å². The van der Waals surface area contributed by atoms with E-state index < -0.39 is 0 Å². The SMILES string of the molecule is Cn1ccnc1SCc1cc(N)ccc1O. The van der Waals surface area contributed by atoms with Gasteiger partial charge in [-0.25, -0.2) is 4.98 Å². The second kappa shape index (κ2) is 4.49. The lowest BCUT2D eigenvalue weighted by molar-refractivity contribution is 0.471. The van der Waals surface area contributed by atoms with Crippen molar-refractivity contribution in [1.29, 1.82) is 0 Å². The Morgan fingerprint density at radius 1 is 1.50 bits per heavy atom. The fourth-order valence-electron chi connectivity index (χ4n) is 1.35. The lowest BCUT2D eigenvalue weighted by Crippen LogP contribution is -1.91. The topological polar surface area (TPSA) is 64.1 Å². The zero-order valence-electron chi connectivity index (χ0n) is 8.92. The summed E-state index contributed by atoms with van der Waals surface area (Å²) in [6, 6.07) is 5.08. The number of nitrogen functional groups attached to an aromatic ring is 1. The van der Waals surface area contributed by atoms with Gasteiger partial charge in [-0.1, -0.05) is 11.8 Å². The molecule has 1 heterocycles. The smallest absolute Gasteiger partial charge is 0.167 e. The molecule has 0 saturated heterocycles. The molecule has 0 aliphatic heterocycles. The van der Waals surface area contributed by atoms with Crippen LogP contribution in [0.25, 0.3) is 0 Å². The first-order valence-electron chi connectivity index (χ1n) is 4.84. The van der Waals surface area contributed by atoms with Crippen molar-refractivity contribution in [2.45, 2.75) is 10.9 Å². The normalized spacial score (nSPS) is 10.6. The Morgan fingerprint density at radius 3 is 3.00 bits per heavy atom. The molecular formula is C11H13N3OS. The van der Waals surface area contributed by atoms with Gasteiger partial charge in [-0.3, -0.25) is 0 Å². The average Bonchev–Trinajstić information content (AvgIpc) is 2.66.